The van der Waals surface area contributed by atoms with Gasteiger partial charge in [-0.2, -0.15) is 0 Å². The fourth-order valence-corrected chi connectivity index (χ4v) is 4.84. The Morgan fingerprint density at radius 3 is 2.67 bits per heavy atom. The van der Waals surface area contributed by atoms with E-state index in [0.29, 0.717) is 39.1 Å². The van der Waals surface area contributed by atoms with Gasteiger partial charge in [0.25, 0.3) is 0 Å². The van der Waals surface area contributed by atoms with E-state index in [1.165, 1.54) is 6.20 Å². The van der Waals surface area contributed by atoms with E-state index < -0.39 is 5.97 Å². The van der Waals surface area contributed by atoms with E-state index in [-0.39, 0.29) is 6.61 Å². The van der Waals surface area contributed by atoms with Crippen molar-refractivity contribution in [2.75, 3.05) is 56.2 Å². The van der Waals surface area contributed by atoms with Crippen molar-refractivity contribution < 1.29 is 14.3 Å². The predicted molar refractivity (Wildman–Crippen MR) is 148 cm³/mol. The maximum atomic E-state index is 12.9. The maximum Gasteiger partial charge on any atom is 0.341 e. The van der Waals surface area contributed by atoms with Gasteiger partial charge in [-0.3, -0.25) is 4.98 Å². The highest BCUT2D eigenvalue weighted by Gasteiger charge is 2.23. The van der Waals surface area contributed by atoms with Crippen LogP contribution in [0, 0.1) is 0 Å². The molecular weight excluding hydrogens is 499 g/mol. The van der Waals surface area contributed by atoms with Gasteiger partial charge in [0, 0.05) is 37.3 Å². The third kappa shape index (κ3) is 5.64. The summed E-state index contributed by atoms with van der Waals surface area (Å²) in [6.45, 7) is 11.6. The summed E-state index contributed by atoms with van der Waals surface area (Å²) in [5, 5.41) is 4.91. The minimum Gasteiger partial charge on any atom is -0.492 e. The summed E-state index contributed by atoms with van der Waals surface area (Å²) in [6.07, 6.45) is 2.59. The number of benzene rings is 2. The third-order valence-electron chi connectivity index (χ3n) is 6.33. The van der Waals surface area contributed by atoms with Crippen LogP contribution < -0.4 is 15.0 Å². The average molecular weight is 531 g/mol. The summed E-state index contributed by atoms with van der Waals surface area (Å²) in [4.78, 5) is 22.3. The quantitative estimate of drug-likeness (QED) is 0.338. The van der Waals surface area contributed by atoms with E-state index in [4.69, 9.17) is 32.7 Å². The second-order valence-corrected chi connectivity index (χ2v) is 9.32. The number of hydrogen-bond acceptors (Lipinski definition) is 7. The van der Waals surface area contributed by atoms with E-state index in [0.717, 1.165) is 56.0 Å². The average Bonchev–Trinajstić information content (AvgIpc) is 3.12. The number of carbonyl (C=O) groups is 1. The molecule has 1 fully saturated rings. The Balaban J connectivity index is 1.89. The number of anilines is 3. The van der Waals surface area contributed by atoms with Crippen LogP contribution in [0.1, 0.15) is 37.6 Å². The molecule has 1 aromatic heterocycles. The van der Waals surface area contributed by atoms with Gasteiger partial charge in [-0.15, -0.1) is 0 Å². The summed E-state index contributed by atoms with van der Waals surface area (Å²) in [7, 11) is 0. The summed E-state index contributed by atoms with van der Waals surface area (Å²) in [5.41, 5.74) is 3.15. The number of hydrogen-bond donors (Lipinski definition) is 1. The number of ether oxygens (including phenoxy) is 2. The molecule has 192 valence electrons. The van der Waals surface area contributed by atoms with Crippen molar-refractivity contribution in [2.24, 2.45) is 0 Å². The van der Waals surface area contributed by atoms with Crippen LogP contribution in [0.4, 0.5) is 17.1 Å². The SMILES string of the molecule is CCOC(=O)c1cnc2cc(OCC)c(N3CCCN(CC)CC3)cc2c1Nc1cccc(Cl)c1Cl. The molecule has 2 aromatic carbocycles. The lowest BCUT2D eigenvalue weighted by molar-refractivity contribution is 0.0527. The Hall–Kier alpha value is -2.74. The molecule has 2 heterocycles. The second kappa shape index (κ2) is 12.0. The predicted octanol–water partition coefficient (Wildman–Crippen LogP) is 6.39. The number of esters is 1. The molecule has 1 N–H and O–H groups in total. The molecule has 4 rings (SSSR count). The number of carbonyl (C=O) groups excluding carboxylic acids is 1. The molecule has 9 heteroatoms. The van der Waals surface area contributed by atoms with Crippen molar-refractivity contribution in [3.05, 3.63) is 52.1 Å². The zero-order valence-corrected chi connectivity index (χ0v) is 22.5. The fraction of sp³-hybridized carbons (Fsp3) is 0.407. The second-order valence-electron chi connectivity index (χ2n) is 8.54. The third-order valence-corrected chi connectivity index (χ3v) is 7.15. The van der Waals surface area contributed by atoms with Crippen molar-refractivity contribution in [3.8, 4) is 5.75 Å². The molecule has 1 aliphatic rings. The molecule has 1 aliphatic heterocycles. The molecule has 0 saturated carbocycles. The summed E-state index contributed by atoms with van der Waals surface area (Å²) in [6, 6.07) is 9.34. The molecule has 0 atom stereocenters. The number of pyridine rings is 1. The Morgan fingerprint density at radius 2 is 1.92 bits per heavy atom. The largest absolute Gasteiger partial charge is 0.492 e. The van der Waals surface area contributed by atoms with Crippen LogP contribution in [-0.4, -0.2) is 61.8 Å². The van der Waals surface area contributed by atoms with Gasteiger partial charge in [0.1, 0.15) is 11.3 Å². The highest BCUT2D eigenvalue weighted by molar-refractivity contribution is 6.43. The molecule has 7 nitrogen and oxygen atoms in total. The van der Waals surface area contributed by atoms with Gasteiger partial charge in [-0.05, 0) is 51.6 Å². The Kier molecular flexibility index (Phi) is 8.77. The molecule has 36 heavy (non-hydrogen) atoms. The van der Waals surface area contributed by atoms with Crippen LogP contribution in [0.15, 0.2) is 36.5 Å². The first-order chi connectivity index (χ1) is 17.5. The number of halogens is 2. The maximum absolute atomic E-state index is 12.9. The van der Waals surface area contributed by atoms with Gasteiger partial charge >= 0.3 is 5.97 Å². The molecule has 0 bridgehead atoms. The lowest BCUT2D eigenvalue weighted by Crippen LogP contribution is -2.30. The number of fused-ring (bicyclic) bond motifs is 1. The van der Waals surface area contributed by atoms with Crippen molar-refractivity contribution >= 4 is 57.1 Å². The first-order valence-electron chi connectivity index (χ1n) is 12.4. The van der Waals surface area contributed by atoms with E-state index in [2.05, 4.69) is 33.1 Å². The summed E-state index contributed by atoms with van der Waals surface area (Å²) in [5.74, 6) is 0.314. The summed E-state index contributed by atoms with van der Waals surface area (Å²) >= 11 is 12.8. The smallest absolute Gasteiger partial charge is 0.341 e. The summed E-state index contributed by atoms with van der Waals surface area (Å²) < 4.78 is 11.4. The lowest BCUT2D eigenvalue weighted by atomic mass is 10.1. The molecule has 3 aromatic rings. The van der Waals surface area contributed by atoms with E-state index in [9.17, 15) is 4.79 Å². The topological polar surface area (TPSA) is 66.9 Å². The fourth-order valence-electron chi connectivity index (χ4n) is 4.49. The van der Waals surface area contributed by atoms with E-state index >= 15 is 0 Å². The zero-order chi connectivity index (χ0) is 25.7. The highest BCUT2D eigenvalue weighted by atomic mass is 35.5. The van der Waals surface area contributed by atoms with Crippen LogP contribution in [0.5, 0.6) is 5.75 Å². The van der Waals surface area contributed by atoms with Crippen molar-refractivity contribution in [3.63, 3.8) is 0 Å². The monoisotopic (exact) mass is 530 g/mol. The minimum atomic E-state index is -0.462. The standard InChI is InChI=1S/C27H32Cl2N4O3/c1-4-32-11-8-12-33(14-13-32)23-15-18-22(16-24(23)35-5-2)30-17-19(27(34)36-6-3)26(18)31-21-10-7-9-20(28)25(21)29/h7,9-10,15-17H,4-6,8,11-14H2,1-3H3,(H,30,31). The Bertz CT molecular complexity index is 1240. The van der Waals surface area contributed by atoms with Gasteiger partial charge in [0.15, 0.2) is 0 Å². The molecular formula is C27H32Cl2N4O3. The van der Waals surface area contributed by atoms with Crippen LogP contribution in [0.2, 0.25) is 10.0 Å². The van der Waals surface area contributed by atoms with E-state index in [1.807, 2.05) is 19.1 Å². The molecule has 0 spiro atoms. The van der Waals surface area contributed by atoms with Gasteiger partial charge in [0.2, 0.25) is 0 Å². The Labute approximate surface area is 222 Å². The Morgan fingerprint density at radius 1 is 1.08 bits per heavy atom. The van der Waals surface area contributed by atoms with Gasteiger partial charge in [0.05, 0.1) is 45.8 Å². The minimum absolute atomic E-state index is 0.254. The molecule has 0 unspecified atom stereocenters. The van der Waals surface area contributed by atoms with Gasteiger partial charge in [-0.1, -0.05) is 36.2 Å². The lowest BCUT2D eigenvalue weighted by Gasteiger charge is -2.26. The number of rotatable bonds is 8. The molecule has 0 aliphatic carbocycles. The number of likely N-dealkylation sites (N-methyl/N-ethyl adjacent to an activating group) is 1. The van der Waals surface area contributed by atoms with Crippen molar-refractivity contribution in [1.29, 1.82) is 0 Å². The van der Waals surface area contributed by atoms with Crippen LogP contribution in [-0.2, 0) is 4.74 Å². The van der Waals surface area contributed by atoms with Crippen molar-refractivity contribution in [1.82, 2.24) is 9.88 Å². The van der Waals surface area contributed by atoms with Crippen LogP contribution in [0.25, 0.3) is 10.9 Å². The number of aromatic nitrogens is 1. The highest BCUT2D eigenvalue weighted by Crippen LogP contribution is 2.40. The van der Waals surface area contributed by atoms with Crippen LogP contribution in [0.3, 0.4) is 0 Å². The molecule has 0 amide bonds. The van der Waals surface area contributed by atoms with Crippen LogP contribution >= 0.6 is 23.2 Å². The zero-order valence-electron chi connectivity index (χ0n) is 20.9. The number of nitrogens with one attached hydrogen (secondary N) is 1. The normalized spacial score (nSPS) is 14.5. The number of nitrogens with zero attached hydrogens (tertiary/aromatic N) is 3. The van der Waals surface area contributed by atoms with Gasteiger partial charge in [-0.25, -0.2) is 4.79 Å². The van der Waals surface area contributed by atoms with E-state index in [1.54, 1.807) is 19.1 Å². The van der Waals surface area contributed by atoms with Crippen molar-refractivity contribution in [2.45, 2.75) is 27.2 Å². The first-order valence-corrected chi connectivity index (χ1v) is 13.2. The van der Waals surface area contributed by atoms with Gasteiger partial charge < -0.3 is 24.6 Å². The molecule has 1 saturated heterocycles. The molecule has 0 radical (unpaired) electrons. The first kappa shape index (κ1) is 26.3.